The number of likely N-dealkylation sites (tertiary alicyclic amines) is 2. The molecule has 0 N–H and O–H groups in total. The Morgan fingerprint density at radius 1 is 1.32 bits per heavy atom. The summed E-state index contributed by atoms with van der Waals surface area (Å²) in [4.78, 5) is 33.6. The van der Waals surface area contributed by atoms with Crippen LogP contribution in [0.4, 0.5) is 0 Å². The molecule has 0 saturated carbocycles. The molecule has 6 nitrogen and oxygen atoms in total. The molecule has 1 atom stereocenters. The third-order valence-electron chi connectivity index (χ3n) is 5.81. The predicted octanol–water partition coefficient (Wildman–Crippen LogP) is 2.22. The van der Waals surface area contributed by atoms with Crippen molar-refractivity contribution in [3.63, 3.8) is 0 Å². The van der Waals surface area contributed by atoms with Gasteiger partial charge in [0.2, 0.25) is 11.8 Å². The van der Waals surface area contributed by atoms with Gasteiger partial charge < -0.3 is 14.4 Å². The lowest BCUT2D eigenvalue weighted by molar-refractivity contribution is -0.148. The maximum absolute atomic E-state index is 12.9. The summed E-state index contributed by atoms with van der Waals surface area (Å²) in [6.45, 7) is 9.13. The van der Waals surface area contributed by atoms with Crippen LogP contribution in [0.15, 0.2) is 12.4 Å². The summed E-state index contributed by atoms with van der Waals surface area (Å²) in [6, 6.07) is 0.243. The zero-order valence-corrected chi connectivity index (χ0v) is 15.7. The number of imidazole rings is 1. The zero-order chi connectivity index (χ0) is 18.0. The van der Waals surface area contributed by atoms with Crippen molar-refractivity contribution in [2.75, 3.05) is 19.6 Å². The van der Waals surface area contributed by atoms with E-state index in [1.807, 2.05) is 22.9 Å². The van der Waals surface area contributed by atoms with Gasteiger partial charge in [-0.3, -0.25) is 9.59 Å². The summed E-state index contributed by atoms with van der Waals surface area (Å²) in [7, 11) is 0. The number of hydrogen-bond donors (Lipinski definition) is 0. The van der Waals surface area contributed by atoms with Crippen molar-refractivity contribution in [3.05, 3.63) is 18.2 Å². The normalized spacial score (nSPS) is 23.9. The third-order valence-corrected chi connectivity index (χ3v) is 5.81. The molecule has 0 bridgehead atoms. The van der Waals surface area contributed by atoms with Gasteiger partial charge in [-0.05, 0) is 46.5 Å². The summed E-state index contributed by atoms with van der Waals surface area (Å²) < 4.78 is 2.07. The fourth-order valence-electron chi connectivity index (χ4n) is 4.26. The molecule has 1 spiro atoms. The Kier molecular flexibility index (Phi) is 5.16. The standard InChI is InChI=1S/C19H30N4O2/c1-15(2)23-11-5-7-19(18(23)25)8-12-22(14-19)17(24)6-4-10-21-13-9-20-16(21)3/h9,13,15H,4-8,10-12,14H2,1-3H3/t19-/m0/s1. The number of carbonyl (C=O) groups excluding carboxylic acids is 2. The molecule has 6 heteroatoms. The van der Waals surface area contributed by atoms with Gasteiger partial charge in [0, 0.05) is 51.0 Å². The van der Waals surface area contributed by atoms with Crippen LogP contribution >= 0.6 is 0 Å². The van der Waals surface area contributed by atoms with Gasteiger partial charge in [0.1, 0.15) is 5.82 Å². The SMILES string of the molecule is Cc1nccn1CCCC(=O)N1CC[C@@]2(CCCN(C(C)C)C2=O)C1. The first kappa shape index (κ1) is 18.0. The summed E-state index contributed by atoms with van der Waals surface area (Å²) in [5, 5.41) is 0. The fourth-order valence-corrected chi connectivity index (χ4v) is 4.26. The number of aryl methyl sites for hydroxylation is 2. The van der Waals surface area contributed by atoms with E-state index in [2.05, 4.69) is 23.4 Å². The quantitative estimate of drug-likeness (QED) is 0.821. The Balaban J connectivity index is 1.54. The molecule has 2 aliphatic rings. The molecule has 2 saturated heterocycles. The molecule has 0 unspecified atom stereocenters. The van der Waals surface area contributed by atoms with Crippen molar-refractivity contribution in [3.8, 4) is 0 Å². The van der Waals surface area contributed by atoms with E-state index in [4.69, 9.17) is 0 Å². The maximum Gasteiger partial charge on any atom is 0.230 e. The van der Waals surface area contributed by atoms with Crippen LogP contribution in [0.5, 0.6) is 0 Å². The average molecular weight is 346 g/mol. The van der Waals surface area contributed by atoms with Crippen LogP contribution in [-0.2, 0) is 16.1 Å². The molecule has 0 aliphatic carbocycles. The lowest BCUT2D eigenvalue weighted by Gasteiger charge is -2.41. The average Bonchev–Trinajstić information content (AvgIpc) is 3.18. The van der Waals surface area contributed by atoms with Gasteiger partial charge >= 0.3 is 0 Å². The molecule has 0 radical (unpaired) electrons. The van der Waals surface area contributed by atoms with Gasteiger partial charge in [-0.1, -0.05) is 0 Å². The Bertz CT molecular complexity index is 639. The van der Waals surface area contributed by atoms with E-state index in [1.165, 1.54) is 0 Å². The van der Waals surface area contributed by atoms with Crippen LogP contribution in [0.3, 0.4) is 0 Å². The number of piperidine rings is 1. The van der Waals surface area contributed by atoms with Gasteiger partial charge in [0.05, 0.1) is 5.41 Å². The van der Waals surface area contributed by atoms with Crippen LogP contribution in [-0.4, -0.2) is 56.8 Å². The van der Waals surface area contributed by atoms with E-state index in [-0.39, 0.29) is 23.3 Å². The highest BCUT2D eigenvalue weighted by molar-refractivity contribution is 5.86. The first-order valence-electron chi connectivity index (χ1n) is 9.49. The first-order valence-corrected chi connectivity index (χ1v) is 9.49. The van der Waals surface area contributed by atoms with Gasteiger partial charge in [0.15, 0.2) is 0 Å². The van der Waals surface area contributed by atoms with Crippen molar-refractivity contribution < 1.29 is 9.59 Å². The molecule has 2 fully saturated rings. The molecule has 3 rings (SSSR count). The van der Waals surface area contributed by atoms with Crippen LogP contribution in [0.1, 0.15) is 51.8 Å². The van der Waals surface area contributed by atoms with E-state index >= 15 is 0 Å². The summed E-state index contributed by atoms with van der Waals surface area (Å²) in [5.74, 6) is 1.43. The number of aromatic nitrogens is 2. The van der Waals surface area contributed by atoms with E-state index in [0.717, 1.165) is 51.1 Å². The molecule has 1 aromatic heterocycles. The minimum absolute atomic E-state index is 0.184. The van der Waals surface area contributed by atoms with E-state index in [1.54, 1.807) is 6.20 Å². The number of hydrogen-bond acceptors (Lipinski definition) is 3. The zero-order valence-electron chi connectivity index (χ0n) is 15.7. The fraction of sp³-hybridized carbons (Fsp3) is 0.737. The van der Waals surface area contributed by atoms with Crippen molar-refractivity contribution in [1.82, 2.24) is 19.4 Å². The first-order chi connectivity index (χ1) is 11.9. The second-order valence-corrected chi connectivity index (χ2v) is 7.81. The Hall–Kier alpha value is -1.85. The summed E-state index contributed by atoms with van der Waals surface area (Å²) in [5.41, 5.74) is -0.320. The minimum atomic E-state index is -0.320. The van der Waals surface area contributed by atoms with Crippen LogP contribution < -0.4 is 0 Å². The molecular formula is C19H30N4O2. The van der Waals surface area contributed by atoms with Gasteiger partial charge in [-0.25, -0.2) is 4.98 Å². The Morgan fingerprint density at radius 2 is 2.12 bits per heavy atom. The Labute approximate surface area is 150 Å². The molecule has 1 aromatic rings. The largest absolute Gasteiger partial charge is 0.342 e. The molecule has 3 heterocycles. The van der Waals surface area contributed by atoms with Crippen molar-refractivity contribution in [2.24, 2.45) is 5.41 Å². The van der Waals surface area contributed by atoms with E-state index < -0.39 is 0 Å². The van der Waals surface area contributed by atoms with Crippen molar-refractivity contribution >= 4 is 11.8 Å². The van der Waals surface area contributed by atoms with E-state index in [9.17, 15) is 9.59 Å². The second-order valence-electron chi connectivity index (χ2n) is 7.81. The summed E-state index contributed by atoms with van der Waals surface area (Å²) >= 11 is 0. The molecule has 138 valence electrons. The lowest BCUT2D eigenvalue weighted by Crippen LogP contribution is -2.52. The number of amides is 2. The van der Waals surface area contributed by atoms with Crippen molar-refractivity contribution in [1.29, 1.82) is 0 Å². The highest BCUT2D eigenvalue weighted by Gasteiger charge is 2.49. The second kappa shape index (κ2) is 7.18. The number of nitrogens with zero attached hydrogens (tertiary/aromatic N) is 4. The smallest absolute Gasteiger partial charge is 0.230 e. The topological polar surface area (TPSA) is 58.4 Å². The van der Waals surface area contributed by atoms with E-state index in [0.29, 0.717) is 13.0 Å². The van der Waals surface area contributed by atoms with Crippen LogP contribution in [0.2, 0.25) is 0 Å². The number of rotatable bonds is 5. The monoisotopic (exact) mass is 346 g/mol. The molecular weight excluding hydrogens is 316 g/mol. The maximum atomic E-state index is 12.9. The van der Waals surface area contributed by atoms with Gasteiger partial charge in [-0.2, -0.15) is 0 Å². The molecule has 2 aliphatic heterocycles. The van der Waals surface area contributed by atoms with Crippen LogP contribution in [0, 0.1) is 12.3 Å². The van der Waals surface area contributed by atoms with Crippen molar-refractivity contribution in [2.45, 2.75) is 65.5 Å². The predicted molar refractivity (Wildman–Crippen MR) is 95.9 cm³/mol. The van der Waals surface area contributed by atoms with Gasteiger partial charge in [0.25, 0.3) is 0 Å². The highest BCUT2D eigenvalue weighted by Crippen LogP contribution is 2.40. The van der Waals surface area contributed by atoms with Crippen LogP contribution in [0.25, 0.3) is 0 Å². The molecule has 2 amide bonds. The van der Waals surface area contributed by atoms with Gasteiger partial charge in [-0.15, -0.1) is 0 Å². The molecule has 0 aromatic carbocycles. The third kappa shape index (κ3) is 3.58. The Morgan fingerprint density at radius 3 is 2.80 bits per heavy atom. The lowest BCUT2D eigenvalue weighted by atomic mass is 9.78. The molecule has 25 heavy (non-hydrogen) atoms. The minimum Gasteiger partial charge on any atom is -0.342 e. The highest BCUT2D eigenvalue weighted by atomic mass is 16.2. The summed E-state index contributed by atoms with van der Waals surface area (Å²) in [6.07, 6.45) is 7.88. The number of carbonyl (C=O) groups is 2.